The Kier molecular flexibility index (Phi) is 3.32. The summed E-state index contributed by atoms with van der Waals surface area (Å²) in [4.78, 5) is 6.46. The molecule has 0 aliphatic carbocycles. The summed E-state index contributed by atoms with van der Waals surface area (Å²) in [6.45, 7) is 0. The third-order valence-electron chi connectivity index (χ3n) is 2.82. The van der Waals surface area contributed by atoms with E-state index in [2.05, 4.69) is 4.98 Å². The second kappa shape index (κ2) is 5.11. The topological polar surface area (TPSA) is 38.9 Å². The van der Waals surface area contributed by atoms with Gasteiger partial charge in [-0.25, -0.2) is 0 Å². The van der Waals surface area contributed by atoms with Crippen molar-refractivity contribution >= 4 is 40.0 Å². The lowest BCUT2D eigenvalue weighted by Crippen LogP contribution is -1.90. The molecule has 0 amide bonds. The van der Waals surface area contributed by atoms with Crippen LogP contribution in [-0.2, 0) is 0 Å². The number of aromatic nitrogens is 1. The molecule has 0 saturated carbocycles. The molecular formula is C15H11ClN2S. The number of benzene rings is 2. The summed E-state index contributed by atoms with van der Waals surface area (Å²) in [7, 11) is 0. The Morgan fingerprint density at radius 1 is 0.947 bits per heavy atom. The Morgan fingerprint density at radius 2 is 1.79 bits per heavy atom. The van der Waals surface area contributed by atoms with Crippen molar-refractivity contribution in [3.05, 3.63) is 59.8 Å². The maximum atomic E-state index is 6.20. The average molecular weight is 287 g/mol. The Labute approximate surface area is 120 Å². The van der Waals surface area contributed by atoms with Gasteiger partial charge < -0.3 is 5.73 Å². The first kappa shape index (κ1) is 12.3. The number of nitrogens with zero attached hydrogens (tertiary/aromatic N) is 1. The number of fused-ring (bicyclic) bond motifs is 1. The van der Waals surface area contributed by atoms with Gasteiger partial charge in [0.15, 0.2) is 0 Å². The van der Waals surface area contributed by atoms with E-state index in [9.17, 15) is 0 Å². The summed E-state index contributed by atoms with van der Waals surface area (Å²) in [5, 5.41) is 1.80. The summed E-state index contributed by atoms with van der Waals surface area (Å²) >= 11 is 7.82. The van der Waals surface area contributed by atoms with Crippen LogP contribution in [0.1, 0.15) is 0 Å². The predicted molar refractivity (Wildman–Crippen MR) is 81.7 cm³/mol. The highest BCUT2D eigenvalue weighted by atomic mass is 35.5. The van der Waals surface area contributed by atoms with Crippen LogP contribution in [0.5, 0.6) is 0 Å². The van der Waals surface area contributed by atoms with Gasteiger partial charge in [-0.05, 0) is 24.3 Å². The summed E-state index contributed by atoms with van der Waals surface area (Å²) in [6, 6.07) is 15.6. The first-order chi connectivity index (χ1) is 9.25. The number of rotatable bonds is 2. The molecule has 0 bridgehead atoms. The first-order valence-corrected chi connectivity index (χ1v) is 7.01. The van der Waals surface area contributed by atoms with Gasteiger partial charge >= 0.3 is 0 Å². The van der Waals surface area contributed by atoms with Gasteiger partial charge in [0.25, 0.3) is 0 Å². The molecule has 0 atom stereocenters. The molecule has 2 N–H and O–H groups in total. The third-order valence-corrected chi connectivity index (χ3v) is 4.41. The molecule has 0 aliphatic heterocycles. The highest BCUT2D eigenvalue weighted by Gasteiger charge is 2.07. The van der Waals surface area contributed by atoms with E-state index in [1.807, 2.05) is 48.5 Å². The van der Waals surface area contributed by atoms with Gasteiger partial charge in [0.1, 0.15) is 0 Å². The number of hydrogen-bond acceptors (Lipinski definition) is 3. The molecule has 0 unspecified atom stereocenters. The second-order valence-electron chi connectivity index (χ2n) is 4.08. The van der Waals surface area contributed by atoms with Crippen LogP contribution in [0.25, 0.3) is 10.9 Å². The van der Waals surface area contributed by atoms with Gasteiger partial charge in [-0.15, -0.1) is 0 Å². The number of para-hydroxylation sites is 1. The van der Waals surface area contributed by atoms with Gasteiger partial charge in [0.05, 0.1) is 16.2 Å². The number of pyridine rings is 1. The fourth-order valence-electron chi connectivity index (χ4n) is 1.91. The van der Waals surface area contributed by atoms with Crippen LogP contribution in [-0.4, -0.2) is 4.98 Å². The van der Waals surface area contributed by atoms with Gasteiger partial charge in [0.2, 0.25) is 0 Å². The van der Waals surface area contributed by atoms with Gasteiger partial charge in [0, 0.05) is 21.4 Å². The lowest BCUT2D eigenvalue weighted by atomic mass is 10.2. The van der Waals surface area contributed by atoms with Crippen molar-refractivity contribution in [2.75, 3.05) is 5.73 Å². The highest BCUT2D eigenvalue weighted by molar-refractivity contribution is 7.99. The quantitative estimate of drug-likeness (QED) is 0.699. The number of nitrogens with two attached hydrogens (primary N) is 1. The van der Waals surface area contributed by atoms with E-state index in [4.69, 9.17) is 17.3 Å². The summed E-state index contributed by atoms with van der Waals surface area (Å²) in [6.07, 6.45) is 1.78. The monoisotopic (exact) mass is 286 g/mol. The zero-order valence-electron chi connectivity index (χ0n) is 10.0. The average Bonchev–Trinajstić information content (AvgIpc) is 2.42. The molecule has 0 radical (unpaired) electrons. The van der Waals surface area contributed by atoms with Gasteiger partial charge in [-0.3, -0.25) is 4.98 Å². The van der Waals surface area contributed by atoms with Crippen molar-refractivity contribution in [3.63, 3.8) is 0 Å². The predicted octanol–water partition coefficient (Wildman–Crippen LogP) is 4.62. The van der Waals surface area contributed by atoms with E-state index in [0.717, 1.165) is 25.7 Å². The lowest BCUT2D eigenvalue weighted by molar-refractivity contribution is 1.35. The Hall–Kier alpha value is -1.71. The zero-order valence-corrected chi connectivity index (χ0v) is 11.6. The summed E-state index contributed by atoms with van der Waals surface area (Å²) < 4.78 is 0. The van der Waals surface area contributed by atoms with E-state index >= 15 is 0 Å². The molecule has 94 valence electrons. The van der Waals surface area contributed by atoms with E-state index in [1.165, 1.54) is 0 Å². The van der Waals surface area contributed by atoms with E-state index in [1.54, 1.807) is 18.0 Å². The molecule has 4 heteroatoms. The van der Waals surface area contributed by atoms with Crippen LogP contribution in [0, 0.1) is 0 Å². The number of nitrogen functional groups attached to an aromatic ring is 1. The van der Waals surface area contributed by atoms with Crippen LogP contribution < -0.4 is 5.73 Å². The van der Waals surface area contributed by atoms with Gasteiger partial charge in [-0.1, -0.05) is 47.6 Å². The SMILES string of the molecule is Nc1cccc2c(Sc3ccccc3Cl)ccnc12. The fraction of sp³-hybridized carbons (Fsp3) is 0. The maximum absolute atomic E-state index is 6.20. The molecule has 1 heterocycles. The van der Waals surface area contributed by atoms with Crippen molar-refractivity contribution < 1.29 is 0 Å². The van der Waals surface area contributed by atoms with E-state index in [0.29, 0.717) is 5.69 Å². The number of hydrogen-bond donors (Lipinski definition) is 1. The minimum atomic E-state index is 0.694. The molecule has 3 rings (SSSR count). The van der Waals surface area contributed by atoms with Crippen LogP contribution in [0.2, 0.25) is 5.02 Å². The fourth-order valence-corrected chi connectivity index (χ4v) is 3.11. The smallest absolute Gasteiger partial charge is 0.0942 e. The molecule has 19 heavy (non-hydrogen) atoms. The molecule has 0 spiro atoms. The molecular weight excluding hydrogens is 276 g/mol. The van der Waals surface area contributed by atoms with Crippen molar-refractivity contribution in [2.45, 2.75) is 9.79 Å². The van der Waals surface area contributed by atoms with Crippen molar-refractivity contribution in [1.29, 1.82) is 0 Å². The van der Waals surface area contributed by atoms with E-state index < -0.39 is 0 Å². The standard InChI is InChI=1S/C15H11ClN2S/c16-11-5-1-2-7-14(11)19-13-8-9-18-15-10(13)4-3-6-12(15)17/h1-9H,17H2. The minimum absolute atomic E-state index is 0.694. The number of halogens is 1. The Morgan fingerprint density at radius 3 is 2.63 bits per heavy atom. The largest absolute Gasteiger partial charge is 0.397 e. The minimum Gasteiger partial charge on any atom is -0.397 e. The first-order valence-electron chi connectivity index (χ1n) is 5.81. The molecule has 3 aromatic rings. The van der Waals surface area contributed by atoms with Crippen LogP contribution >= 0.6 is 23.4 Å². The van der Waals surface area contributed by atoms with Crippen molar-refractivity contribution in [3.8, 4) is 0 Å². The van der Waals surface area contributed by atoms with E-state index in [-0.39, 0.29) is 0 Å². The second-order valence-corrected chi connectivity index (χ2v) is 5.58. The van der Waals surface area contributed by atoms with Crippen LogP contribution in [0.3, 0.4) is 0 Å². The molecule has 0 fully saturated rings. The van der Waals surface area contributed by atoms with Crippen molar-refractivity contribution in [2.24, 2.45) is 0 Å². The zero-order chi connectivity index (χ0) is 13.2. The molecule has 0 saturated heterocycles. The molecule has 2 nitrogen and oxygen atoms in total. The third kappa shape index (κ3) is 2.39. The summed E-state index contributed by atoms with van der Waals surface area (Å²) in [5.74, 6) is 0. The molecule has 0 aliphatic rings. The Bertz CT molecular complexity index is 743. The van der Waals surface area contributed by atoms with Crippen LogP contribution in [0.15, 0.2) is 64.5 Å². The Balaban J connectivity index is 2.12. The highest BCUT2D eigenvalue weighted by Crippen LogP contribution is 2.37. The summed E-state index contributed by atoms with van der Waals surface area (Å²) in [5.41, 5.74) is 7.48. The van der Waals surface area contributed by atoms with Crippen LogP contribution in [0.4, 0.5) is 5.69 Å². The molecule has 1 aromatic heterocycles. The maximum Gasteiger partial charge on any atom is 0.0942 e. The van der Waals surface area contributed by atoms with Gasteiger partial charge in [-0.2, -0.15) is 0 Å². The lowest BCUT2D eigenvalue weighted by Gasteiger charge is -2.08. The molecule has 2 aromatic carbocycles. The van der Waals surface area contributed by atoms with Crippen molar-refractivity contribution in [1.82, 2.24) is 4.98 Å². The number of anilines is 1. The normalized spacial score (nSPS) is 10.8.